The lowest BCUT2D eigenvalue weighted by atomic mass is 10.1. The van der Waals surface area contributed by atoms with Crippen molar-refractivity contribution < 1.29 is 19.2 Å². The zero-order valence-corrected chi connectivity index (χ0v) is 15.3. The Labute approximate surface area is 153 Å². The molecule has 2 rings (SSSR count). The molecule has 0 aliphatic rings. The summed E-state index contributed by atoms with van der Waals surface area (Å²) in [5.41, 5.74) is 0.963. The molecular weight excluding hydrogens is 392 g/mol. The van der Waals surface area contributed by atoms with Crippen LogP contribution in [0.15, 0.2) is 40.9 Å². The number of rotatable bonds is 7. The molecule has 1 N–H and O–H groups in total. The molecule has 0 unspecified atom stereocenters. The number of hydrogen-bond donors (Lipinski definition) is 1. The maximum Gasteiger partial charge on any atom is 0.293 e. The van der Waals surface area contributed by atoms with E-state index in [9.17, 15) is 14.9 Å². The second-order valence-corrected chi connectivity index (χ2v) is 6.13. The van der Waals surface area contributed by atoms with Crippen LogP contribution in [0.2, 0.25) is 0 Å². The number of aryl methyl sites for hydroxylation is 1. The Bertz CT molecular complexity index is 795. The van der Waals surface area contributed by atoms with Crippen molar-refractivity contribution in [1.82, 2.24) is 0 Å². The van der Waals surface area contributed by atoms with Crippen molar-refractivity contribution in [2.24, 2.45) is 0 Å². The van der Waals surface area contributed by atoms with Gasteiger partial charge in [0.25, 0.3) is 11.6 Å². The third-order valence-electron chi connectivity index (χ3n) is 3.33. The molecule has 0 saturated carbocycles. The molecule has 132 valence electrons. The lowest BCUT2D eigenvalue weighted by molar-refractivity contribution is -0.384. The zero-order valence-electron chi connectivity index (χ0n) is 13.7. The molecular formula is C17H17BrN2O5. The van der Waals surface area contributed by atoms with Crippen LogP contribution in [0.25, 0.3) is 0 Å². The molecule has 0 atom stereocenters. The van der Waals surface area contributed by atoms with Crippen LogP contribution in [0.4, 0.5) is 11.4 Å². The predicted octanol–water partition coefficient (Wildman–Crippen LogP) is 3.94. The summed E-state index contributed by atoms with van der Waals surface area (Å²) in [6, 6.07) is 9.60. The van der Waals surface area contributed by atoms with E-state index in [1.807, 2.05) is 0 Å². The molecule has 2 aromatic rings. The van der Waals surface area contributed by atoms with Crippen LogP contribution in [0.5, 0.6) is 5.75 Å². The van der Waals surface area contributed by atoms with E-state index in [2.05, 4.69) is 21.2 Å². The summed E-state index contributed by atoms with van der Waals surface area (Å²) >= 11 is 3.31. The summed E-state index contributed by atoms with van der Waals surface area (Å²) in [6.45, 7) is 2.40. The Kier molecular flexibility index (Phi) is 6.49. The fraction of sp³-hybridized carbons (Fsp3) is 0.235. The summed E-state index contributed by atoms with van der Waals surface area (Å²) in [5, 5.41) is 13.8. The van der Waals surface area contributed by atoms with Gasteiger partial charge in [-0.3, -0.25) is 14.9 Å². The lowest BCUT2D eigenvalue weighted by Crippen LogP contribution is -2.16. The molecule has 0 bridgehead atoms. The maximum atomic E-state index is 12.6. The van der Waals surface area contributed by atoms with Crippen molar-refractivity contribution in [3.8, 4) is 5.75 Å². The first-order valence-electron chi connectivity index (χ1n) is 7.40. The van der Waals surface area contributed by atoms with Gasteiger partial charge in [0, 0.05) is 17.6 Å². The average molecular weight is 409 g/mol. The Hall–Kier alpha value is -2.45. The summed E-state index contributed by atoms with van der Waals surface area (Å²) in [5.74, 6) is -0.131. The largest absolute Gasteiger partial charge is 0.490 e. The first kappa shape index (κ1) is 18.9. The second-order valence-electron chi connectivity index (χ2n) is 5.21. The van der Waals surface area contributed by atoms with E-state index >= 15 is 0 Å². The average Bonchev–Trinajstić information content (AvgIpc) is 2.57. The second kappa shape index (κ2) is 8.59. The molecule has 1 amide bonds. The van der Waals surface area contributed by atoms with Gasteiger partial charge in [-0.25, -0.2) is 0 Å². The number of halogens is 1. The first-order chi connectivity index (χ1) is 11.9. The van der Waals surface area contributed by atoms with E-state index in [-0.39, 0.29) is 23.5 Å². The van der Waals surface area contributed by atoms with Crippen LogP contribution in [-0.4, -0.2) is 31.2 Å². The number of nitrogens with zero attached hydrogens (tertiary/aromatic N) is 1. The monoisotopic (exact) mass is 408 g/mol. The molecule has 8 heteroatoms. The van der Waals surface area contributed by atoms with Crippen molar-refractivity contribution in [2.45, 2.75) is 6.92 Å². The molecule has 25 heavy (non-hydrogen) atoms. The van der Waals surface area contributed by atoms with Crippen molar-refractivity contribution >= 4 is 33.2 Å². The van der Waals surface area contributed by atoms with Crippen molar-refractivity contribution in [3.63, 3.8) is 0 Å². The van der Waals surface area contributed by atoms with Gasteiger partial charge < -0.3 is 14.8 Å². The van der Waals surface area contributed by atoms with Crippen molar-refractivity contribution in [1.29, 1.82) is 0 Å². The van der Waals surface area contributed by atoms with E-state index in [0.717, 1.165) is 5.56 Å². The number of nitrogens with one attached hydrogen (secondary N) is 1. The molecule has 0 aliphatic carbocycles. The van der Waals surface area contributed by atoms with E-state index in [1.54, 1.807) is 38.3 Å². The summed E-state index contributed by atoms with van der Waals surface area (Å²) in [6.07, 6.45) is 0. The molecule has 0 spiro atoms. The van der Waals surface area contributed by atoms with Crippen molar-refractivity contribution in [2.75, 3.05) is 25.6 Å². The Morgan fingerprint density at radius 1 is 1.24 bits per heavy atom. The number of carbonyl (C=O) groups excluding carboxylic acids is 1. The third-order valence-corrected chi connectivity index (χ3v) is 3.82. The van der Waals surface area contributed by atoms with Gasteiger partial charge in [0.05, 0.1) is 17.1 Å². The highest BCUT2D eigenvalue weighted by atomic mass is 79.9. The zero-order chi connectivity index (χ0) is 18.4. The van der Waals surface area contributed by atoms with Gasteiger partial charge in [0.15, 0.2) is 0 Å². The number of ether oxygens (including phenoxy) is 2. The summed E-state index contributed by atoms with van der Waals surface area (Å²) < 4.78 is 11.2. The molecule has 0 saturated heterocycles. The van der Waals surface area contributed by atoms with E-state index in [0.29, 0.717) is 16.8 Å². The smallest absolute Gasteiger partial charge is 0.293 e. The maximum absolute atomic E-state index is 12.6. The van der Waals surface area contributed by atoms with Crippen LogP contribution in [-0.2, 0) is 4.74 Å². The Morgan fingerprint density at radius 2 is 2.00 bits per heavy atom. The predicted molar refractivity (Wildman–Crippen MR) is 97.3 cm³/mol. The molecule has 0 heterocycles. The van der Waals surface area contributed by atoms with Crippen LogP contribution >= 0.6 is 15.9 Å². The number of benzene rings is 2. The minimum absolute atomic E-state index is 0.128. The van der Waals surface area contributed by atoms with E-state index < -0.39 is 10.8 Å². The van der Waals surface area contributed by atoms with Crippen LogP contribution < -0.4 is 10.1 Å². The standard InChI is InChI=1S/C17H17BrN2O5/c1-11-3-5-14(15(9-11)20(22)23)19-17(21)13-10-12(18)4-6-16(13)25-8-7-24-2/h3-6,9-10H,7-8H2,1-2H3,(H,19,21). The third kappa shape index (κ3) is 5.01. The van der Waals surface area contributed by atoms with Gasteiger partial charge in [0.1, 0.15) is 18.0 Å². The lowest BCUT2D eigenvalue weighted by Gasteiger charge is -2.12. The minimum Gasteiger partial charge on any atom is -0.490 e. The molecule has 0 radical (unpaired) electrons. The number of nitro groups is 1. The van der Waals surface area contributed by atoms with Crippen LogP contribution in [0, 0.1) is 17.0 Å². The highest BCUT2D eigenvalue weighted by molar-refractivity contribution is 9.10. The quantitative estimate of drug-likeness (QED) is 0.425. The fourth-order valence-corrected chi connectivity index (χ4v) is 2.49. The van der Waals surface area contributed by atoms with E-state index in [4.69, 9.17) is 9.47 Å². The summed E-state index contributed by atoms with van der Waals surface area (Å²) in [4.78, 5) is 23.3. The van der Waals surface area contributed by atoms with Gasteiger partial charge in [-0.15, -0.1) is 0 Å². The Balaban J connectivity index is 2.29. The first-order valence-corrected chi connectivity index (χ1v) is 8.19. The highest BCUT2D eigenvalue weighted by Gasteiger charge is 2.19. The number of nitro benzene ring substituents is 1. The van der Waals surface area contributed by atoms with E-state index in [1.165, 1.54) is 12.1 Å². The molecule has 2 aromatic carbocycles. The number of methoxy groups -OCH3 is 1. The Morgan fingerprint density at radius 3 is 2.68 bits per heavy atom. The number of anilines is 1. The number of hydrogen-bond acceptors (Lipinski definition) is 5. The number of carbonyl (C=O) groups is 1. The van der Waals surface area contributed by atoms with Gasteiger partial charge in [-0.1, -0.05) is 22.0 Å². The topological polar surface area (TPSA) is 90.7 Å². The van der Waals surface area contributed by atoms with Gasteiger partial charge in [-0.05, 0) is 36.8 Å². The van der Waals surface area contributed by atoms with Crippen molar-refractivity contribution in [3.05, 3.63) is 62.1 Å². The number of amides is 1. The van der Waals surface area contributed by atoms with Crippen LogP contribution in [0.1, 0.15) is 15.9 Å². The molecule has 7 nitrogen and oxygen atoms in total. The normalized spacial score (nSPS) is 10.4. The molecule has 0 fully saturated rings. The molecule has 0 aliphatic heterocycles. The van der Waals surface area contributed by atoms with Crippen LogP contribution in [0.3, 0.4) is 0 Å². The van der Waals surface area contributed by atoms with Gasteiger partial charge in [0.2, 0.25) is 0 Å². The van der Waals surface area contributed by atoms with Gasteiger partial charge >= 0.3 is 0 Å². The fourth-order valence-electron chi connectivity index (χ4n) is 2.13. The highest BCUT2D eigenvalue weighted by Crippen LogP contribution is 2.28. The minimum atomic E-state index is -0.528. The van der Waals surface area contributed by atoms with Gasteiger partial charge in [-0.2, -0.15) is 0 Å². The SMILES string of the molecule is COCCOc1ccc(Br)cc1C(=O)Nc1ccc(C)cc1[N+](=O)[O-]. The summed E-state index contributed by atoms with van der Waals surface area (Å²) in [7, 11) is 1.55. The molecule has 0 aromatic heterocycles.